The number of hydrogen-bond acceptors (Lipinski definition) is 3. The summed E-state index contributed by atoms with van der Waals surface area (Å²) in [6.45, 7) is 11.8. The average molecular weight is 251 g/mol. The summed E-state index contributed by atoms with van der Waals surface area (Å²) in [7, 11) is -2.69. The Balaban J connectivity index is 3.77. The van der Waals surface area contributed by atoms with Crippen LogP contribution in [0.5, 0.6) is 0 Å². The first-order chi connectivity index (χ1) is 6.56. The molecule has 6 heteroatoms. The van der Waals surface area contributed by atoms with Gasteiger partial charge in [-0.15, -0.1) is 6.58 Å². The summed E-state index contributed by atoms with van der Waals surface area (Å²) in [5.41, 5.74) is 0. The molecule has 0 unspecified atom stereocenters. The van der Waals surface area contributed by atoms with Crippen LogP contribution in [0, 0.1) is 0 Å². The Bertz CT molecular complexity index is 143. The lowest BCUT2D eigenvalue weighted by Gasteiger charge is -2.23. The summed E-state index contributed by atoms with van der Waals surface area (Å²) in [5.74, 6) is 0. The molecule has 0 rings (SSSR count). The van der Waals surface area contributed by atoms with Crippen molar-refractivity contribution in [3.63, 3.8) is 0 Å². The molecule has 0 saturated carbocycles. The third-order valence-corrected chi connectivity index (χ3v) is 4.03. The van der Waals surface area contributed by atoms with E-state index in [1.165, 1.54) is 0 Å². The molecule has 0 aliphatic rings. The van der Waals surface area contributed by atoms with Crippen LogP contribution < -0.4 is 0 Å². The highest BCUT2D eigenvalue weighted by Crippen LogP contribution is 2.03. The molecule has 0 aliphatic carbocycles. The fourth-order valence-corrected chi connectivity index (χ4v) is 3.07. The van der Waals surface area contributed by atoms with E-state index < -0.39 is 27.8 Å². The highest BCUT2D eigenvalue weighted by atomic mass is 28.3. The fraction of sp³-hybridized carbons (Fsp3) is 0.750. The fourth-order valence-electron chi connectivity index (χ4n) is 0.803. The van der Waals surface area contributed by atoms with E-state index in [1.807, 2.05) is 6.08 Å². The normalized spacial score (nSPS) is 12.5. The van der Waals surface area contributed by atoms with Gasteiger partial charge >= 0.3 is 0 Å². The average Bonchev–Trinajstić information content (AvgIpc) is 2.02. The minimum absolute atomic E-state index is 0.375. The molecule has 0 N–H and O–H groups in total. The van der Waals surface area contributed by atoms with Gasteiger partial charge < -0.3 is 13.3 Å². The highest BCUT2D eigenvalue weighted by Gasteiger charge is 2.13. The van der Waals surface area contributed by atoms with Gasteiger partial charge in [-0.25, -0.2) is 0 Å². The second-order valence-corrected chi connectivity index (χ2v) is 9.66. The zero-order valence-corrected chi connectivity index (χ0v) is 13.4. The van der Waals surface area contributed by atoms with Crippen molar-refractivity contribution in [2.45, 2.75) is 38.7 Å². The Morgan fingerprint density at radius 3 is 2.07 bits per heavy atom. The van der Waals surface area contributed by atoms with E-state index in [0.29, 0.717) is 0 Å². The minimum atomic E-state index is -1.07. The molecule has 0 spiro atoms. The molecule has 0 saturated heterocycles. The molecule has 14 heavy (non-hydrogen) atoms. The Hall–Kier alpha value is 0.271. The molecule has 3 nitrogen and oxygen atoms in total. The van der Waals surface area contributed by atoms with Crippen molar-refractivity contribution < 1.29 is 13.3 Å². The van der Waals surface area contributed by atoms with Gasteiger partial charge in [0.25, 0.3) is 0 Å². The Morgan fingerprint density at radius 2 is 1.71 bits per heavy atom. The molecule has 0 atom stereocenters. The lowest BCUT2D eigenvalue weighted by molar-refractivity contribution is -0.145. The predicted molar refractivity (Wildman–Crippen MR) is 68.3 cm³/mol. The molecule has 0 bridgehead atoms. The van der Waals surface area contributed by atoms with Crippen LogP contribution in [0.1, 0.15) is 0 Å². The van der Waals surface area contributed by atoms with E-state index in [2.05, 4.69) is 32.8 Å². The SMILES string of the molecule is C=CC[SiH2]OC(O[SiH](C)C)O[SiH](C)C. The van der Waals surface area contributed by atoms with Crippen molar-refractivity contribution in [2.75, 3.05) is 0 Å². The number of rotatable bonds is 8. The predicted octanol–water partition coefficient (Wildman–Crippen LogP) is 0.975. The highest BCUT2D eigenvalue weighted by molar-refractivity contribution is 6.49. The summed E-state index contributed by atoms with van der Waals surface area (Å²) in [5, 5.41) is 0. The summed E-state index contributed by atoms with van der Waals surface area (Å²) in [4.78, 5) is 0. The van der Waals surface area contributed by atoms with Gasteiger partial charge in [0, 0.05) is 0 Å². The Labute approximate surface area is 92.8 Å². The van der Waals surface area contributed by atoms with Gasteiger partial charge in [0.1, 0.15) is 0 Å². The lowest BCUT2D eigenvalue weighted by atomic mass is 10.8. The third kappa shape index (κ3) is 8.85. The Kier molecular flexibility index (Phi) is 8.73. The molecule has 0 amide bonds. The molecule has 0 aromatic carbocycles. The second kappa shape index (κ2) is 8.57. The maximum Gasteiger partial charge on any atom is 0.242 e. The van der Waals surface area contributed by atoms with E-state index >= 15 is 0 Å². The van der Waals surface area contributed by atoms with Gasteiger partial charge in [-0.05, 0) is 32.2 Å². The summed E-state index contributed by atoms with van der Waals surface area (Å²) in [6, 6.07) is 0.975. The van der Waals surface area contributed by atoms with Gasteiger partial charge in [0.15, 0.2) is 27.8 Å². The molecule has 0 aromatic rings. The number of allylic oxidation sites excluding steroid dienone is 1. The van der Waals surface area contributed by atoms with E-state index in [0.717, 1.165) is 6.04 Å². The lowest BCUT2D eigenvalue weighted by Crippen LogP contribution is -2.31. The maximum atomic E-state index is 5.64. The largest absolute Gasteiger partial charge is 0.380 e. The second-order valence-electron chi connectivity index (χ2n) is 3.61. The van der Waals surface area contributed by atoms with Gasteiger partial charge in [-0.3, -0.25) is 0 Å². The molecule has 0 aromatic heterocycles. The first-order valence-electron chi connectivity index (χ1n) is 5.09. The Morgan fingerprint density at radius 1 is 1.21 bits per heavy atom. The van der Waals surface area contributed by atoms with Crippen molar-refractivity contribution in [1.29, 1.82) is 0 Å². The van der Waals surface area contributed by atoms with Crippen LogP contribution in [-0.2, 0) is 13.3 Å². The van der Waals surface area contributed by atoms with Gasteiger partial charge in [0.05, 0.1) is 0 Å². The zero-order chi connectivity index (χ0) is 11.0. The van der Waals surface area contributed by atoms with Gasteiger partial charge in [-0.2, -0.15) is 0 Å². The smallest absolute Gasteiger partial charge is 0.242 e. The van der Waals surface area contributed by atoms with Crippen molar-refractivity contribution in [2.24, 2.45) is 0 Å². The van der Waals surface area contributed by atoms with Crippen LogP contribution in [-0.4, -0.2) is 34.3 Å². The summed E-state index contributed by atoms with van der Waals surface area (Å²) >= 11 is 0. The van der Waals surface area contributed by atoms with Gasteiger partial charge in [-0.1, -0.05) is 6.08 Å². The third-order valence-electron chi connectivity index (χ3n) is 1.34. The quantitative estimate of drug-likeness (QED) is 0.278. The summed E-state index contributed by atoms with van der Waals surface area (Å²) < 4.78 is 16.9. The van der Waals surface area contributed by atoms with Crippen molar-refractivity contribution in [1.82, 2.24) is 0 Å². The zero-order valence-electron chi connectivity index (χ0n) is 9.66. The maximum absolute atomic E-state index is 5.64. The monoisotopic (exact) mass is 250 g/mol. The van der Waals surface area contributed by atoms with Crippen LogP contribution in [0.4, 0.5) is 0 Å². The standard InChI is InChI=1S/C8H22O3Si3/c1-6-7-12-9-8(10-13(2)3)11-14(4)5/h6,8,13-14H,1,7,12H2,2-5H3. The van der Waals surface area contributed by atoms with Crippen LogP contribution in [0.2, 0.25) is 32.2 Å². The first-order valence-corrected chi connectivity index (χ1v) is 12.2. The first kappa shape index (κ1) is 14.3. The molecular weight excluding hydrogens is 228 g/mol. The van der Waals surface area contributed by atoms with Crippen LogP contribution in [0.15, 0.2) is 12.7 Å². The van der Waals surface area contributed by atoms with E-state index in [9.17, 15) is 0 Å². The van der Waals surface area contributed by atoms with Crippen LogP contribution >= 0.6 is 0 Å². The molecule has 0 radical (unpaired) electrons. The van der Waals surface area contributed by atoms with Crippen LogP contribution in [0.3, 0.4) is 0 Å². The van der Waals surface area contributed by atoms with Crippen molar-refractivity contribution in [3.05, 3.63) is 12.7 Å². The topological polar surface area (TPSA) is 27.7 Å². The summed E-state index contributed by atoms with van der Waals surface area (Å²) in [6.07, 6.45) is 1.89. The minimum Gasteiger partial charge on any atom is -0.380 e. The molecular formula is C8H22O3Si3. The molecule has 84 valence electrons. The van der Waals surface area contributed by atoms with Crippen molar-refractivity contribution >= 4 is 27.8 Å². The van der Waals surface area contributed by atoms with Gasteiger partial charge in [0.2, 0.25) is 6.48 Å². The van der Waals surface area contributed by atoms with Crippen LogP contribution in [0.25, 0.3) is 0 Å². The molecule has 0 fully saturated rings. The molecule has 0 heterocycles. The van der Waals surface area contributed by atoms with E-state index in [4.69, 9.17) is 13.3 Å². The number of hydrogen-bond donors (Lipinski definition) is 0. The molecule has 0 aliphatic heterocycles. The van der Waals surface area contributed by atoms with E-state index in [-0.39, 0.29) is 6.48 Å². The van der Waals surface area contributed by atoms with Crippen molar-refractivity contribution in [3.8, 4) is 0 Å². The van der Waals surface area contributed by atoms with E-state index in [1.54, 1.807) is 0 Å².